The van der Waals surface area contributed by atoms with Crippen molar-refractivity contribution in [3.63, 3.8) is 0 Å². The summed E-state index contributed by atoms with van der Waals surface area (Å²) in [4.78, 5) is 8.55. The quantitative estimate of drug-likeness (QED) is 0.345. The van der Waals surface area contributed by atoms with Crippen LogP contribution in [0, 0.1) is 0 Å². The largest absolute Gasteiger partial charge is 0.337 e. The third kappa shape index (κ3) is 3.79. The van der Waals surface area contributed by atoms with Crippen LogP contribution >= 0.6 is 9.24 Å². The Balaban J connectivity index is 1.81. The highest BCUT2D eigenvalue weighted by Gasteiger charge is 1.95. The first-order valence-corrected chi connectivity index (χ1v) is 6.25. The van der Waals surface area contributed by atoms with E-state index in [9.17, 15) is 0 Å². The highest BCUT2D eigenvalue weighted by molar-refractivity contribution is 7.42. The fraction of sp³-hybridized carbons (Fsp3) is 0.231. The van der Waals surface area contributed by atoms with E-state index in [1.165, 1.54) is 5.56 Å². The number of benzene rings is 1. The van der Waals surface area contributed by atoms with Gasteiger partial charge in [-0.3, -0.25) is 4.99 Å². The van der Waals surface area contributed by atoms with Gasteiger partial charge in [0.05, 0.1) is 11.8 Å². The molecule has 1 unspecified atom stereocenters. The second kappa shape index (κ2) is 6.31. The van der Waals surface area contributed by atoms with Crippen LogP contribution in [0.2, 0.25) is 0 Å². The zero-order valence-electron chi connectivity index (χ0n) is 9.66. The van der Waals surface area contributed by atoms with Crippen molar-refractivity contribution >= 4 is 14.7 Å². The number of imidazole rings is 1. The molecule has 0 aliphatic carbocycles. The van der Waals surface area contributed by atoms with Crippen LogP contribution in [0.25, 0.3) is 0 Å². The summed E-state index contributed by atoms with van der Waals surface area (Å²) in [5, 5.41) is 0. The highest BCUT2D eigenvalue weighted by Crippen LogP contribution is 2.07. The lowest BCUT2D eigenvalue weighted by molar-refractivity contribution is 0.651. The van der Waals surface area contributed by atoms with Crippen molar-refractivity contribution < 1.29 is 0 Å². The van der Waals surface area contributed by atoms with Gasteiger partial charge in [-0.05, 0) is 12.0 Å². The molecule has 0 saturated carbocycles. The molecule has 3 nitrogen and oxygen atoms in total. The first kappa shape index (κ1) is 12.0. The van der Waals surface area contributed by atoms with Crippen molar-refractivity contribution in [2.45, 2.75) is 13.0 Å². The monoisotopic (exact) mass is 246 g/mol. The van der Waals surface area contributed by atoms with Crippen molar-refractivity contribution in [1.82, 2.24) is 9.55 Å². The predicted molar refractivity (Wildman–Crippen MR) is 74.4 cm³/mol. The lowest BCUT2D eigenvalue weighted by Gasteiger charge is -2.02. The summed E-state index contributed by atoms with van der Waals surface area (Å²) >= 11 is 0. The SMILES string of the molecule is PC(=[15N]CCCn1ccnc1)c1ccccc1. The minimum absolute atomic E-state index is 0.839. The average Bonchev–Trinajstić information content (AvgIpc) is 2.88. The van der Waals surface area contributed by atoms with Gasteiger partial charge in [-0.2, -0.15) is 0 Å². The molecule has 0 spiro atoms. The topological polar surface area (TPSA) is 30.2 Å². The third-order valence-corrected chi connectivity index (χ3v) is 3.00. The van der Waals surface area contributed by atoms with E-state index in [0.717, 1.165) is 25.0 Å². The Morgan fingerprint density at radius 3 is 2.82 bits per heavy atom. The van der Waals surface area contributed by atoms with Crippen LogP contribution in [-0.4, -0.2) is 21.5 Å². The molecule has 0 radical (unpaired) electrons. The van der Waals surface area contributed by atoms with Crippen LogP contribution in [0.15, 0.2) is 54.0 Å². The molecule has 0 saturated heterocycles. The van der Waals surface area contributed by atoms with Crippen LogP contribution in [0.4, 0.5) is 0 Å². The molecule has 88 valence electrons. The average molecular weight is 246 g/mol. The van der Waals surface area contributed by atoms with Crippen LogP contribution in [0.1, 0.15) is 12.0 Å². The van der Waals surface area contributed by atoms with Gasteiger partial charge in [-0.25, -0.2) is 4.98 Å². The van der Waals surface area contributed by atoms with E-state index in [1.54, 1.807) is 6.20 Å². The summed E-state index contributed by atoms with van der Waals surface area (Å²) in [6.45, 7) is 1.81. The Kier molecular flexibility index (Phi) is 4.45. The van der Waals surface area contributed by atoms with E-state index in [1.807, 2.05) is 30.7 Å². The number of hydrogen-bond acceptors (Lipinski definition) is 2. The van der Waals surface area contributed by atoms with Crippen LogP contribution in [0.5, 0.6) is 0 Å². The first-order chi connectivity index (χ1) is 8.36. The van der Waals surface area contributed by atoms with Crippen LogP contribution in [0.3, 0.4) is 0 Å². The summed E-state index contributed by atoms with van der Waals surface area (Å²) in [7, 11) is 2.70. The van der Waals surface area contributed by atoms with Gasteiger partial charge >= 0.3 is 0 Å². The number of aryl methyl sites for hydroxylation is 1. The molecule has 17 heavy (non-hydrogen) atoms. The number of nitrogens with zero attached hydrogens (tertiary/aromatic N) is 3. The molecule has 0 bridgehead atoms. The Morgan fingerprint density at radius 1 is 1.29 bits per heavy atom. The van der Waals surface area contributed by atoms with Crippen molar-refractivity contribution in [3.05, 3.63) is 54.6 Å². The van der Waals surface area contributed by atoms with Gasteiger partial charge in [-0.1, -0.05) is 39.6 Å². The Bertz CT molecular complexity index is 463. The molecule has 4 heteroatoms. The van der Waals surface area contributed by atoms with Gasteiger partial charge < -0.3 is 4.57 Å². The maximum atomic E-state index is 4.54. The second-order valence-electron chi connectivity index (χ2n) is 3.79. The fourth-order valence-electron chi connectivity index (χ4n) is 1.57. The molecule has 1 atom stereocenters. The first-order valence-electron chi connectivity index (χ1n) is 5.67. The molecule has 2 aromatic rings. The minimum Gasteiger partial charge on any atom is -0.337 e. The molecule has 0 aliphatic heterocycles. The molecule has 1 heterocycles. The molecule has 0 amide bonds. The van der Waals surface area contributed by atoms with E-state index >= 15 is 0 Å². The van der Waals surface area contributed by atoms with Crippen LogP contribution < -0.4 is 0 Å². The van der Waals surface area contributed by atoms with Crippen LogP contribution in [-0.2, 0) is 6.54 Å². The highest BCUT2D eigenvalue weighted by atomic mass is 31.0. The Hall–Kier alpha value is -1.47. The third-order valence-electron chi connectivity index (χ3n) is 2.49. The second-order valence-corrected chi connectivity index (χ2v) is 4.33. The molecule has 0 N–H and O–H groups in total. The molecule has 2 rings (SSSR count). The van der Waals surface area contributed by atoms with E-state index in [4.69, 9.17) is 0 Å². The minimum atomic E-state index is 0.839. The standard InChI is InChI=1S/C13H16N3P/c17-13(12-5-2-1-3-6-12)15-7-4-9-16-10-8-14-11-16/h1-3,5-6,8,10-11H,4,7,9,17H2/i15+1. The van der Waals surface area contributed by atoms with Crippen molar-refractivity contribution in [2.75, 3.05) is 6.54 Å². The van der Waals surface area contributed by atoms with Gasteiger partial charge in [0.1, 0.15) is 0 Å². The van der Waals surface area contributed by atoms with E-state index in [0.29, 0.717) is 0 Å². The molecule has 1 aromatic carbocycles. The van der Waals surface area contributed by atoms with Gasteiger partial charge in [0, 0.05) is 25.5 Å². The molecule has 0 fully saturated rings. The number of rotatable bonds is 5. The summed E-state index contributed by atoms with van der Waals surface area (Å²) in [6, 6.07) is 10.2. The normalized spacial score (nSPS) is 11.7. The van der Waals surface area contributed by atoms with Crippen molar-refractivity contribution in [1.29, 1.82) is 0 Å². The number of hydrogen-bond donors (Lipinski definition) is 0. The Morgan fingerprint density at radius 2 is 2.12 bits per heavy atom. The zero-order chi connectivity index (χ0) is 11.9. The van der Waals surface area contributed by atoms with Gasteiger partial charge in [-0.15, -0.1) is 0 Å². The summed E-state index contributed by atoms with van der Waals surface area (Å²) < 4.78 is 2.07. The van der Waals surface area contributed by atoms with E-state index in [-0.39, 0.29) is 0 Å². The predicted octanol–water partition coefficient (Wildman–Crippen LogP) is 2.60. The molecular weight excluding hydrogens is 230 g/mol. The lowest BCUT2D eigenvalue weighted by Crippen LogP contribution is -1.98. The number of aliphatic imine (C=N–C) groups is 1. The van der Waals surface area contributed by atoms with Gasteiger partial charge in [0.25, 0.3) is 0 Å². The zero-order valence-corrected chi connectivity index (χ0v) is 10.8. The van der Waals surface area contributed by atoms with E-state index in [2.05, 4.69) is 35.9 Å². The molecule has 1 aromatic heterocycles. The van der Waals surface area contributed by atoms with Crippen molar-refractivity contribution in [3.8, 4) is 0 Å². The van der Waals surface area contributed by atoms with E-state index < -0.39 is 0 Å². The smallest absolute Gasteiger partial charge is 0.0945 e. The maximum Gasteiger partial charge on any atom is 0.0945 e. The summed E-state index contributed by atoms with van der Waals surface area (Å²) in [5.74, 6) is 0. The Labute approximate surface area is 104 Å². The molecular formula is C13H16N3P. The van der Waals surface area contributed by atoms with Gasteiger partial charge in [0.2, 0.25) is 0 Å². The summed E-state index contributed by atoms with van der Waals surface area (Å²) in [6.07, 6.45) is 6.64. The lowest BCUT2D eigenvalue weighted by atomic mass is 10.2. The maximum absolute atomic E-state index is 4.54. The fourth-order valence-corrected chi connectivity index (χ4v) is 1.89. The van der Waals surface area contributed by atoms with Gasteiger partial charge in [0.15, 0.2) is 0 Å². The van der Waals surface area contributed by atoms with Crippen molar-refractivity contribution in [2.24, 2.45) is 4.99 Å². The summed E-state index contributed by atoms with van der Waals surface area (Å²) in [5.41, 5.74) is 2.19. The molecule has 0 aliphatic rings. The number of aromatic nitrogens is 2.